The number of aliphatic carboxylic acids is 1. The number of amides is 1. The maximum Gasteiger partial charge on any atom is 0.340 e. The summed E-state index contributed by atoms with van der Waals surface area (Å²) in [5.41, 5.74) is 3.00. The van der Waals surface area contributed by atoms with E-state index >= 15 is 0 Å². The Morgan fingerprint density at radius 3 is 2.39 bits per heavy atom. The van der Waals surface area contributed by atoms with Crippen LogP contribution in [0.2, 0.25) is 0 Å². The van der Waals surface area contributed by atoms with Crippen LogP contribution >= 0.6 is 0 Å². The third-order valence-electron chi connectivity index (χ3n) is 5.26. The molecule has 0 saturated heterocycles. The van der Waals surface area contributed by atoms with Crippen molar-refractivity contribution in [3.05, 3.63) is 75.1 Å². The number of carboxylic acids is 1. The van der Waals surface area contributed by atoms with Gasteiger partial charge >= 0.3 is 5.63 Å². The number of carbonyl (C=O) groups is 2. The SMILES string of the molecule is Cc1c(Cc2ccccc2)c(=O)oc2c(C)c(O[C@@H](C)C(=O)N[C@@H](C)C(=O)[O-])ccc12. The molecule has 31 heavy (non-hydrogen) atoms. The zero-order valence-electron chi connectivity index (χ0n) is 17.9. The summed E-state index contributed by atoms with van der Waals surface area (Å²) < 4.78 is 11.3. The molecule has 3 aromatic rings. The summed E-state index contributed by atoms with van der Waals surface area (Å²) in [6.07, 6.45) is -0.487. The van der Waals surface area contributed by atoms with Crippen molar-refractivity contribution in [1.29, 1.82) is 0 Å². The number of carbonyl (C=O) groups excluding carboxylic acids is 2. The van der Waals surface area contributed by atoms with Gasteiger partial charge in [-0.1, -0.05) is 30.3 Å². The van der Waals surface area contributed by atoms with Gasteiger partial charge in [0.25, 0.3) is 5.91 Å². The molecule has 0 aliphatic carbocycles. The number of aryl methyl sites for hydroxylation is 2. The zero-order valence-corrected chi connectivity index (χ0v) is 17.9. The molecule has 2 atom stereocenters. The van der Waals surface area contributed by atoms with Crippen LogP contribution < -0.4 is 20.8 Å². The van der Waals surface area contributed by atoms with Gasteiger partial charge in [-0.25, -0.2) is 4.79 Å². The van der Waals surface area contributed by atoms with Crippen molar-refractivity contribution in [2.45, 2.75) is 46.3 Å². The second kappa shape index (κ2) is 9.04. The number of hydrogen-bond acceptors (Lipinski definition) is 6. The lowest BCUT2D eigenvalue weighted by molar-refractivity contribution is -0.307. The summed E-state index contributed by atoms with van der Waals surface area (Å²) in [6, 6.07) is 12.0. The fourth-order valence-corrected chi connectivity index (χ4v) is 3.34. The third kappa shape index (κ3) is 4.77. The Labute approximate surface area is 179 Å². The summed E-state index contributed by atoms with van der Waals surface area (Å²) >= 11 is 0. The molecule has 0 unspecified atom stereocenters. The van der Waals surface area contributed by atoms with Gasteiger partial charge in [-0.05, 0) is 51.0 Å². The van der Waals surface area contributed by atoms with Gasteiger partial charge in [0.05, 0.1) is 12.0 Å². The molecule has 0 saturated carbocycles. The van der Waals surface area contributed by atoms with Crippen LogP contribution in [-0.2, 0) is 16.0 Å². The van der Waals surface area contributed by atoms with Crippen LogP contribution in [0.25, 0.3) is 11.0 Å². The first kappa shape index (κ1) is 22.1. The van der Waals surface area contributed by atoms with Crippen molar-refractivity contribution in [2.75, 3.05) is 0 Å². The van der Waals surface area contributed by atoms with Crippen LogP contribution in [-0.4, -0.2) is 24.0 Å². The number of fused-ring (bicyclic) bond motifs is 1. The van der Waals surface area contributed by atoms with E-state index in [-0.39, 0.29) is 0 Å². The van der Waals surface area contributed by atoms with E-state index in [1.165, 1.54) is 13.8 Å². The van der Waals surface area contributed by atoms with Crippen LogP contribution in [0.5, 0.6) is 5.75 Å². The number of carboxylic acid groups (broad SMARTS) is 1. The zero-order chi connectivity index (χ0) is 22.7. The van der Waals surface area contributed by atoms with E-state index in [0.29, 0.717) is 28.9 Å². The monoisotopic (exact) mass is 422 g/mol. The van der Waals surface area contributed by atoms with Gasteiger partial charge in [-0.15, -0.1) is 0 Å². The minimum absolute atomic E-state index is 0.370. The molecular weight excluding hydrogens is 398 g/mol. The molecular formula is C24H24NO6-. The van der Waals surface area contributed by atoms with Crippen LogP contribution in [0.1, 0.15) is 36.1 Å². The highest BCUT2D eigenvalue weighted by atomic mass is 16.5. The van der Waals surface area contributed by atoms with Gasteiger partial charge in [-0.2, -0.15) is 0 Å². The summed E-state index contributed by atoms with van der Waals surface area (Å²) in [5.74, 6) is -1.60. The van der Waals surface area contributed by atoms with E-state index in [0.717, 1.165) is 16.5 Å². The maximum absolute atomic E-state index is 12.7. The molecule has 0 aliphatic heterocycles. The van der Waals surface area contributed by atoms with Gasteiger partial charge in [0.2, 0.25) is 0 Å². The standard InChI is InChI=1S/C24H25NO6/c1-13-18-10-11-20(30-16(4)22(26)25-15(3)23(27)28)14(2)21(18)31-24(29)19(13)12-17-8-6-5-7-9-17/h5-11,15-16H,12H2,1-4H3,(H,25,26)(H,27,28)/p-1/t15-,16-/m0/s1. The van der Waals surface area contributed by atoms with Crippen LogP contribution in [0.3, 0.4) is 0 Å². The molecule has 162 valence electrons. The fourth-order valence-electron chi connectivity index (χ4n) is 3.34. The van der Waals surface area contributed by atoms with Crippen LogP contribution in [0, 0.1) is 13.8 Å². The first-order valence-electron chi connectivity index (χ1n) is 9.96. The lowest BCUT2D eigenvalue weighted by atomic mass is 9.98. The van der Waals surface area contributed by atoms with Gasteiger partial charge in [0, 0.05) is 22.9 Å². The molecule has 0 bridgehead atoms. The summed E-state index contributed by atoms with van der Waals surface area (Å²) in [5, 5.41) is 13.9. The Morgan fingerprint density at radius 1 is 1.06 bits per heavy atom. The first-order chi connectivity index (χ1) is 14.7. The molecule has 0 spiro atoms. The van der Waals surface area contributed by atoms with Crippen molar-refractivity contribution in [2.24, 2.45) is 0 Å². The average Bonchev–Trinajstić information content (AvgIpc) is 2.74. The molecule has 1 N–H and O–H groups in total. The summed E-state index contributed by atoms with van der Waals surface area (Å²) in [6.45, 7) is 6.44. The van der Waals surface area contributed by atoms with E-state index in [1.807, 2.05) is 37.3 Å². The Balaban J connectivity index is 1.90. The Hall–Kier alpha value is -3.61. The highest BCUT2D eigenvalue weighted by Gasteiger charge is 2.20. The molecule has 1 aromatic heterocycles. The fraction of sp³-hybridized carbons (Fsp3) is 0.292. The number of hydrogen-bond donors (Lipinski definition) is 1. The molecule has 1 amide bonds. The Kier molecular flexibility index (Phi) is 6.44. The molecule has 7 nitrogen and oxygen atoms in total. The number of benzene rings is 2. The molecule has 0 fully saturated rings. The minimum atomic E-state index is -1.38. The Bertz CT molecular complexity index is 1180. The highest BCUT2D eigenvalue weighted by molar-refractivity contribution is 5.87. The van der Waals surface area contributed by atoms with Crippen molar-refractivity contribution in [3.63, 3.8) is 0 Å². The summed E-state index contributed by atoms with van der Waals surface area (Å²) in [7, 11) is 0. The smallest absolute Gasteiger partial charge is 0.340 e. The third-order valence-corrected chi connectivity index (χ3v) is 5.26. The minimum Gasteiger partial charge on any atom is -0.548 e. The summed E-state index contributed by atoms with van der Waals surface area (Å²) in [4.78, 5) is 35.7. The molecule has 2 aromatic carbocycles. The predicted octanol–water partition coefficient (Wildman–Crippen LogP) is 2.02. The lowest BCUT2D eigenvalue weighted by Gasteiger charge is -2.20. The quantitative estimate of drug-likeness (QED) is 0.584. The number of ether oxygens (including phenoxy) is 1. The van der Waals surface area contributed by atoms with E-state index in [4.69, 9.17) is 9.15 Å². The van der Waals surface area contributed by atoms with Crippen molar-refractivity contribution >= 4 is 22.8 Å². The molecule has 7 heteroatoms. The second-order valence-corrected chi connectivity index (χ2v) is 7.53. The van der Waals surface area contributed by atoms with Gasteiger partial charge in [0.1, 0.15) is 11.3 Å². The predicted molar refractivity (Wildman–Crippen MR) is 114 cm³/mol. The molecule has 0 radical (unpaired) electrons. The maximum atomic E-state index is 12.7. The van der Waals surface area contributed by atoms with Crippen molar-refractivity contribution in [1.82, 2.24) is 5.32 Å². The van der Waals surface area contributed by atoms with E-state index in [9.17, 15) is 19.5 Å². The van der Waals surface area contributed by atoms with Crippen molar-refractivity contribution in [3.8, 4) is 5.75 Å². The average molecular weight is 422 g/mol. The highest BCUT2D eigenvalue weighted by Crippen LogP contribution is 2.30. The van der Waals surface area contributed by atoms with Crippen molar-refractivity contribution < 1.29 is 23.8 Å². The molecule has 0 aliphatic rings. The normalized spacial score (nSPS) is 12.9. The van der Waals surface area contributed by atoms with Crippen LogP contribution in [0.4, 0.5) is 0 Å². The number of rotatable bonds is 7. The van der Waals surface area contributed by atoms with E-state index in [2.05, 4.69) is 5.32 Å². The largest absolute Gasteiger partial charge is 0.548 e. The topological polar surface area (TPSA) is 109 Å². The molecule has 1 heterocycles. The van der Waals surface area contributed by atoms with Crippen LogP contribution in [0.15, 0.2) is 51.7 Å². The second-order valence-electron chi connectivity index (χ2n) is 7.53. The molecule has 3 rings (SSSR count). The van der Waals surface area contributed by atoms with Gasteiger partial charge < -0.3 is 24.4 Å². The van der Waals surface area contributed by atoms with E-state index < -0.39 is 29.6 Å². The Morgan fingerprint density at radius 2 is 1.74 bits per heavy atom. The first-order valence-corrected chi connectivity index (χ1v) is 9.96. The lowest BCUT2D eigenvalue weighted by Crippen LogP contribution is -2.49. The van der Waals surface area contributed by atoms with Gasteiger partial charge in [-0.3, -0.25) is 4.79 Å². The van der Waals surface area contributed by atoms with E-state index in [1.54, 1.807) is 19.1 Å². The van der Waals surface area contributed by atoms with Gasteiger partial charge in [0.15, 0.2) is 6.10 Å². The number of nitrogens with one attached hydrogen (secondary N) is 1.